The van der Waals surface area contributed by atoms with Crippen molar-refractivity contribution in [2.24, 2.45) is 0 Å². The van der Waals surface area contributed by atoms with Crippen LogP contribution >= 0.6 is 0 Å². The number of benzene rings is 2. The van der Waals surface area contributed by atoms with E-state index in [0.717, 1.165) is 11.3 Å². The summed E-state index contributed by atoms with van der Waals surface area (Å²) in [7, 11) is 1.59. The SMILES string of the molecule is CCOc1cc(/C=C/C(=O)Nc2cccc(-n3cnnn3)c2)ccc1OC. The third-order valence-electron chi connectivity index (χ3n) is 3.64. The van der Waals surface area contributed by atoms with E-state index in [1.54, 1.807) is 31.4 Å². The molecule has 1 aromatic heterocycles. The Hall–Kier alpha value is -3.68. The molecule has 1 heterocycles. The van der Waals surface area contributed by atoms with E-state index >= 15 is 0 Å². The quantitative estimate of drug-likeness (QED) is 0.648. The molecular weight excluding hydrogens is 346 g/mol. The monoisotopic (exact) mass is 365 g/mol. The Morgan fingerprint density at radius 1 is 1.22 bits per heavy atom. The molecule has 0 fully saturated rings. The fourth-order valence-electron chi connectivity index (χ4n) is 2.43. The van der Waals surface area contributed by atoms with Gasteiger partial charge in [-0.25, -0.2) is 4.68 Å². The van der Waals surface area contributed by atoms with Crippen molar-refractivity contribution in [1.82, 2.24) is 20.2 Å². The standard InChI is InChI=1S/C19H19N5O3/c1-3-27-18-11-14(7-9-17(18)26-2)8-10-19(25)21-15-5-4-6-16(12-15)24-13-20-22-23-24/h4-13H,3H2,1-2H3,(H,21,25)/b10-8+. The summed E-state index contributed by atoms with van der Waals surface area (Å²) in [6, 6.07) is 12.7. The lowest BCUT2D eigenvalue weighted by Gasteiger charge is -2.09. The van der Waals surface area contributed by atoms with Crippen LogP contribution in [0.1, 0.15) is 12.5 Å². The Kier molecular flexibility index (Phi) is 5.78. The van der Waals surface area contributed by atoms with Gasteiger partial charge < -0.3 is 14.8 Å². The largest absolute Gasteiger partial charge is 0.493 e. The number of carbonyl (C=O) groups excluding carboxylic acids is 1. The van der Waals surface area contributed by atoms with Crippen LogP contribution < -0.4 is 14.8 Å². The lowest BCUT2D eigenvalue weighted by molar-refractivity contribution is -0.111. The van der Waals surface area contributed by atoms with Gasteiger partial charge in [0.1, 0.15) is 6.33 Å². The molecule has 0 atom stereocenters. The highest BCUT2D eigenvalue weighted by Crippen LogP contribution is 2.28. The van der Waals surface area contributed by atoms with Crippen LogP contribution in [0.25, 0.3) is 11.8 Å². The first-order valence-corrected chi connectivity index (χ1v) is 8.33. The minimum absolute atomic E-state index is 0.252. The molecule has 0 aliphatic rings. The molecule has 0 aliphatic heterocycles. The van der Waals surface area contributed by atoms with Gasteiger partial charge in [0.2, 0.25) is 5.91 Å². The molecule has 2 aromatic carbocycles. The number of tetrazole rings is 1. The number of amides is 1. The van der Waals surface area contributed by atoms with Crippen molar-refractivity contribution in [3.8, 4) is 17.2 Å². The molecule has 0 aliphatic carbocycles. The molecule has 0 saturated carbocycles. The third-order valence-corrected chi connectivity index (χ3v) is 3.64. The first-order valence-electron chi connectivity index (χ1n) is 8.33. The number of nitrogens with one attached hydrogen (secondary N) is 1. The van der Waals surface area contributed by atoms with Gasteiger partial charge >= 0.3 is 0 Å². The van der Waals surface area contributed by atoms with Crippen LogP contribution in [0, 0.1) is 0 Å². The first kappa shape index (κ1) is 18.1. The molecule has 0 radical (unpaired) electrons. The fourth-order valence-corrected chi connectivity index (χ4v) is 2.43. The van der Waals surface area contributed by atoms with Crippen LogP contribution in [0.5, 0.6) is 11.5 Å². The summed E-state index contributed by atoms with van der Waals surface area (Å²) in [5, 5.41) is 13.8. The van der Waals surface area contributed by atoms with Crippen LogP contribution in [0.2, 0.25) is 0 Å². The van der Waals surface area contributed by atoms with Crippen molar-refractivity contribution in [2.45, 2.75) is 6.92 Å². The van der Waals surface area contributed by atoms with Crippen molar-refractivity contribution in [1.29, 1.82) is 0 Å². The maximum absolute atomic E-state index is 12.2. The number of methoxy groups -OCH3 is 1. The lowest BCUT2D eigenvalue weighted by atomic mass is 10.2. The zero-order valence-corrected chi connectivity index (χ0v) is 15.0. The zero-order chi connectivity index (χ0) is 19.1. The van der Waals surface area contributed by atoms with Gasteiger partial charge in [0.25, 0.3) is 0 Å². The first-order chi connectivity index (χ1) is 13.2. The molecule has 1 amide bonds. The Balaban J connectivity index is 1.69. The van der Waals surface area contributed by atoms with E-state index in [1.165, 1.54) is 17.1 Å². The van der Waals surface area contributed by atoms with Crippen LogP contribution in [0.4, 0.5) is 5.69 Å². The van der Waals surface area contributed by atoms with Crippen molar-refractivity contribution >= 4 is 17.7 Å². The van der Waals surface area contributed by atoms with Crippen molar-refractivity contribution < 1.29 is 14.3 Å². The topological polar surface area (TPSA) is 91.2 Å². The molecule has 0 spiro atoms. The van der Waals surface area contributed by atoms with Gasteiger partial charge in [0.15, 0.2) is 11.5 Å². The van der Waals surface area contributed by atoms with Gasteiger partial charge in [-0.05, 0) is 59.3 Å². The number of anilines is 1. The summed E-state index contributed by atoms with van der Waals surface area (Å²) < 4.78 is 12.3. The highest BCUT2D eigenvalue weighted by molar-refractivity contribution is 6.02. The Labute approximate surface area is 156 Å². The van der Waals surface area contributed by atoms with Gasteiger partial charge in [0, 0.05) is 11.8 Å². The fraction of sp³-hybridized carbons (Fsp3) is 0.158. The number of aromatic nitrogens is 4. The predicted octanol–water partition coefficient (Wildman–Crippen LogP) is 2.72. The molecule has 27 heavy (non-hydrogen) atoms. The summed E-state index contributed by atoms with van der Waals surface area (Å²) in [5.41, 5.74) is 2.22. The van der Waals surface area contributed by atoms with Gasteiger partial charge in [-0.3, -0.25) is 4.79 Å². The Morgan fingerprint density at radius 3 is 2.85 bits per heavy atom. The van der Waals surface area contributed by atoms with Gasteiger partial charge in [-0.1, -0.05) is 12.1 Å². The van der Waals surface area contributed by atoms with Crippen LogP contribution in [0.15, 0.2) is 54.9 Å². The van der Waals surface area contributed by atoms with E-state index in [1.807, 2.05) is 31.2 Å². The molecule has 8 heteroatoms. The van der Waals surface area contributed by atoms with E-state index in [2.05, 4.69) is 20.8 Å². The van der Waals surface area contributed by atoms with Gasteiger partial charge in [-0.2, -0.15) is 0 Å². The molecule has 0 saturated heterocycles. The van der Waals surface area contributed by atoms with E-state index < -0.39 is 0 Å². The highest BCUT2D eigenvalue weighted by Gasteiger charge is 2.05. The van der Waals surface area contributed by atoms with E-state index in [4.69, 9.17) is 9.47 Å². The van der Waals surface area contributed by atoms with Crippen LogP contribution in [-0.2, 0) is 4.79 Å². The molecule has 8 nitrogen and oxygen atoms in total. The number of rotatable bonds is 7. The molecule has 0 bridgehead atoms. The maximum Gasteiger partial charge on any atom is 0.248 e. The third kappa shape index (κ3) is 4.69. The van der Waals surface area contributed by atoms with E-state index in [-0.39, 0.29) is 5.91 Å². The Morgan fingerprint density at radius 2 is 2.11 bits per heavy atom. The molecule has 1 N–H and O–H groups in total. The average molecular weight is 365 g/mol. The summed E-state index contributed by atoms with van der Waals surface area (Å²) in [4.78, 5) is 12.2. The van der Waals surface area contributed by atoms with E-state index in [9.17, 15) is 4.79 Å². The minimum atomic E-state index is -0.252. The molecule has 0 unspecified atom stereocenters. The second-order valence-corrected chi connectivity index (χ2v) is 5.47. The smallest absolute Gasteiger partial charge is 0.248 e. The minimum Gasteiger partial charge on any atom is -0.493 e. The average Bonchev–Trinajstić information content (AvgIpc) is 3.22. The second-order valence-electron chi connectivity index (χ2n) is 5.47. The summed E-state index contributed by atoms with van der Waals surface area (Å²) >= 11 is 0. The number of carbonyl (C=O) groups is 1. The molecular formula is C19H19N5O3. The number of hydrogen-bond acceptors (Lipinski definition) is 6. The number of nitrogens with zero attached hydrogens (tertiary/aromatic N) is 4. The summed E-state index contributed by atoms with van der Waals surface area (Å²) in [6.07, 6.45) is 4.66. The zero-order valence-electron chi connectivity index (χ0n) is 15.0. The van der Waals surface area contributed by atoms with Crippen molar-refractivity contribution in [3.05, 3.63) is 60.4 Å². The summed E-state index contributed by atoms with van der Waals surface area (Å²) in [6.45, 7) is 2.43. The predicted molar refractivity (Wildman–Crippen MR) is 101 cm³/mol. The normalized spacial score (nSPS) is 10.7. The van der Waals surface area contributed by atoms with Gasteiger partial charge in [0.05, 0.1) is 19.4 Å². The van der Waals surface area contributed by atoms with Gasteiger partial charge in [-0.15, -0.1) is 5.10 Å². The van der Waals surface area contributed by atoms with Crippen LogP contribution in [-0.4, -0.2) is 39.8 Å². The highest BCUT2D eigenvalue weighted by atomic mass is 16.5. The molecule has 3 rings (SSSR count). The van der Waals surface area contributed by atoms with E-state index in [0.29, 0.717) is 23.8 Å². The summed E-state index contributed by atoms with van der Waals surface area (Å²) in [5.74, 6) is 1.03. The number of hydrogen-bond donors (Lipinski definition) is 1. The maximum atomic E-state index is 12.2. The Bertz CT molecular complexity index is 938. The molecule has 138 valence electrons. The van der Waals surface area contributed by atoms with Crippen molar-refractivity contribution in [2.75, 3.05) is 19.0 Å². The van der Waals surface area contributed by atoms with Crippen molar-refractivity contribution in [3.63, 3.8) is 0 Å². The van der Waals surface area contributed by atoms with Crippen LogP contribution in [0.3, 0.4) is 0 Å². The lowest BCUT2D eigenvalue weighted by Crippen LogP contribution is -2.08. The number of ether oxygens (including phenoxy) is 2. The second kappa shape index (κ2) is 8.61. The molecule has 3 aromatic rings.